The van der Waals surface area contributed by atoms with Crippen LogP contribution in [0.2, 0.25) is 0 Å². The Bertz CT molecular complexity index is 429. The number of likely N-dealkylation sites (tertiary alicyclic amines) is 2. The minimum Gasteiger partial charge on any atom is -0.356 e. The van der Waals surface area contributed by atoms with Gasteiger partial charge >= 0.3 is 0 Å². The summed E-state index contributed by atoms with van der Waals surface area (Å²) in [5.41, 5.74) is 0. The van der Waals surface area contributed by atoms with Crippen molar-refractivity contribution in [2.24, 2.45) is 16.8 Å². The van der Waals surface area contributed by atoms with Crippen molar-refractivity contribution in [3.05, 3.63) is 0 Å². The average molecular weight is 338 g/mol. The SMILES string of the molecule is CN=C(NCC1CCCN(C)C1)NC1CCN(C(=O)C(C)C)CC1. The van der Waals surface area contributed by atoms with Crippen molar-refractivity contribution in [1.82, 2.24) is 20.4 Å². The molecule has 0 aromatic carbocycles. The number of aliphatic imine (C=N–C) groups is 1. The number of piperidine rings is 2. The number of hydrogen-bond acceptors (Lipinski definition) is 3. The number of carbonyl (C=O) groups excluding carboxylic acids is 1. The molecule has 0 bridgehead atoms. The first-order chi connectivity index (χ1) is 11.5. The van der Waals surface area contributed by atoms with Gasteiger partial charge < -0.3 is 20.4 Å². The van der Waals surface area contributed by atoms with Crippen LogP contribution in [0.5, 0.6) is 0 Å². The molecule has 2 aliphatic heterocycles. The first-order valence-electron chi connectivity index (χ1n) is 9.44. The molecule has 2 saturated heterocycles. The molecule has 2 heterocycles. The van der Waals surface area contributed by atoms with Crippen LogP contribution in [0, 0.1) is 11.8 Å². The van der Waals surface area contributed by atoms with Crippen LogP contribution in [0.15, 0.2) is 4.99 Å². The summed E-state index contributed by atoms with van der Waals surface area (Å²) in [5.74, 6) is 1.97. The molecule has 138 valence electrons. The predicted molar refractivity (Wildman–Crippen MR) is 99.2 cm³/mol. The molecule has 1 unspecified atom stereocenters. The summed E-state index contributed by atoms with van der Waals surface area (Å²) in [5, 5.41) is 7.02. The summed E-state index contributed by atoms with van der Waals surface area (Å²) in [7, 11) is 4.03. The zero-order valence-corrected chi connectivity index (χ0v) is 15.8. The third kappa shape index (κ3) is 5.65. The molecule has 2 rings (SSSR count). The van der Waals surface area contributed by atoms with Crippen LogP contribution in [0.25, 0.3) is 0 Å². The van der Waals surface area contributed by atoms with Gasteiger partial charge in [-0.25, -0.2) is 0 Å². The van der Waals surface area contributed by atoms with Crippen LogP contribution in [-0.2, 0) is 4.79 Å². The van der Waals surface area contributed by atoms with E-state index in [1.54, 1.807) is 0 Å². The first-order valence-corrected chi connectivity index (χ1v) is 9.44. The monoisotopic (exact) mass is 337 g/mol. The highest BCUT2D eigenvalue weighted by Gasteiger charge is 2.25. The van der Waals surface area contributed by atoms with Crippen LogP contribution >= 0.6 is 0 Å². The molecular weight excluding hydrogens is 302 g/mol. The lowest BCUT2D eigenvalue weighted by Gasteiger charge is -2.34. The first kappa shape index (κ1) is 19.0. The third-order valence-corrected chi connectivity index (χ3v) is 5.15. The van der Waals surface area contributed by atoms with E-state index in [9.17, 15) is 4.79 Å². The molecule has 24 heavy (non-hydrogen) atoms. The van der Waals surface area contributed by atoms with E-state index in [1.165, 1.54) is 25.9 Å². The van der Waals surface area contributed by atoms with Gasteiger partial charge in [0.05, 0.1) is 0 Å². The highest BCUT2D eigenvalue weighted by atomic mass is 16.2. The predicted octanol–water partition coefficient (Wildman–Crippen LogP) is 1.14. The summed E-state index contributed by atoms with van der Waals surface area (Å²) in [6.45, 7) is 9.01. The third-order valence-electron chi connectivity index (χ3n) is 5.15. The molecule has 2 N–H and O–H groups in total. The van der Waals surface area contributed by atoms with Gasteiger partial charge in [-0.05, 0) is 45.2 Å². The highest BCUT2D eigenvalue weighted by molar-refractivity contribution is 5.80. The van der Waals surface area contributed by atoms with Gasteiger partial charge in [0.2, 0.25) is 5.91 Å². The summed E-state index contributed by atoms with van der Waals surface area (Å²) >= 11 is 0. The van der Waals surface area contributed by atoms with Crippen LogP contribution in [0.3, 0.4) is 0 Å². The number of hydrogen-bond donors (Lipinski definition) is 2. The number of rotatable bonds is 4. The van der Waals surface area contributed by atoms with E-state index in [0.29, 0.717) is 12.0 Å². The van der Waals surface area contributed by atoms with Crippen molar-refractivity contribution in [3.8, 4) is 0 Å². The Hall–Kier alpha value is -1.30. The Morgan fingerprint density at radius 3 is 2.50 bits per heavy atom. The van der Waals surface area contributed by atoms with Crippen molar-refractivity contribution in [1.29, 1.82) is 0 Å². The Kier molecular flexibility index (Phi) is 7.34. The molecule has 0 aliphatic carbocycles. The van der Waals surface area contributed by atoms with Gasteiger partial charge in [0.15, 0.2) is 5.96 Å². The van der Waals surface area contributed by atoms with E-state index < -0.39 is 0 Å². The molecule has 2 aliphatic rings. The number of nitrogens with one attached hydrogen (secondary N) is 2. The van der Waals surface area contributed by atoms with E-state index >= 15 is 0 Å². The van der Waals surface area contributed by atoms with E-state index in [2.05, 4.69) is 27.6 Å². The van der Waals surface area contributed by atoms with Gasteiger partial charge in [0, 0.05) is 45.2 Å². The van der Waals surface area contributed by atoms with Crippen LogP contribution in [-0.4, -0.2) is 74.5 Å². The zero-order valence-electron chi connectivity index (χ0n) is 15.8. The Balaban J connectivity index is 1.71. The van der Waals surface area contributed by atoms with Gasteiger partial charge in [-0.2, -0.15) is 0 Å². The van der Waals surface area contributed by atoms with Crippen LogP contribution < -0.4 is 10.6 Å². The molecule has 0 spiro atoms. The molecule has 2 fully saturated rings. The maximum absolute atomic E-state index is 12.1. The van der Waals surface area contributed by atoms with Crippen molar-refractivity contribution in [3.63, 3.8) is 0 Å². The standard InChI is InChI=1S/C18H35N5O/c1-14(2)17(24)23-10-7-16(8-11-23)21-18(19-3)20-12-15-6-5-9-22(4)13-15/h14-16H,5-13H2,1-4H3,(H2,19,20,21). The minimum atomic E-state index is 0.0950. The van der Waals surface area contributed by atoms with Crippen molar-refractivity contribution in [2.45, 2.75) is 45.6 Å². The maximum Gasteiger partial charge on any atom is 0.225 e. The molecule has 0 aromatic heterocycles. The van der Waals surface area contributed by atoms with Gasteiger partial charge in [-0.1, -0.05) is 13.8 Å². The van der Waals surface area contributed by atoms with E-state index in [4.69, 9.17) is 0 Å². The molecular formula is C18H35N5O. The van der Waals surface area contributed by atoms with Gasteiger partial charge in [0.25, 0.3) is 0 Å². The average Bonchev–Trinajstić information content (AvgIpc) is 2.58. The van der Waals surface area contributed by atoms with Gasteiger partial charge in [-0.15, -0.1) is 0 Å². The smallest absolute Gasteiger partial charge is 0.225 e. The Labute approximate surface area is 147 Å². The normalized spacial score (nSPS) is 24.3. The minimum absolute atomic E-state index is 0.0950. The Morgan fingerprint density at radius 1 is 1.21 bits per heavy atom. The number of guanidine groups is 1. The van der Waals surface area contributed by atoms with Crippen molar-refractivity contribution in [2.75, 3.05) is 46.8 Å². The number of amides is 1. The fourth-order valence-electron chi connectivity index (χ4n) is 3.68. The molecule has 1 atom stereocenters. The summed E-state index contributed by atoms with van der Waals surface area (Å²) in [4.78, 5) is 20.8. The second-order valence-corrected chi connectivity index (χ2v) is 7.62. The number of carbonyl (C=O) groups is 1. The summed E-state index contributed by atoms with van der Waals surface area (Å²) in [6, 6.07) is 0.404. The molecule has 0 saturated carbocycles. The molecule has 0 radical (unpaired) electrons. The second-order valence-electron chi connectivity index (χ2n) is 7.62. The molecule has 0 aromatic rings. The number of nitrogens with zero attached hydrogens (tertiary/aromatic N) is 3. The maximum atomic E-state index is 12.1. The quantitative estimate of drug-likeness (QED) is 0.597. The lowest BCUT2D eigenvalue weighted by Crippen LogP contribution is -2.51. The van der Waals surface area contributed by atoms with Crippen LogP contribution in [0.1, 0.15) is 39.5 Å². The molecule has 6 heteroatoms. The van der Waals surface area contributed by atoms with Gasteiger partial charge in [-0.3, -0.25) is 9.79 Å². The van der Waals surface area contributed by atoms with E-state index in [-0.39, 0.29) is 11.8 Å². The lowest BCUT2D eigenvalue weighted by atomic mass is 9.98. The fourth-order valence-corrected chi connectivity index (χ4v) is 3.68. The summed E-state index contributed by atoms with van der Waals surface area (Å²) in [6.07, 6.45) is 4.57. The van der Waals surface area contributed by atoms with Crippen molar-refractivity contribution >= 4 is 11.9 Å². The second kappa shape index (κ2) is 9.25. The Morgan fingerprint density at radius 2 is 1.92 bits per heavy atom. The van der Waals surface area contributed by atoms with Crippen LogP contribution in [0.4, 0.5) is 0 Å². The topological polar surface area (TPSA) is 60.0 Å². The van der Waals surface area contributed by atoms with E-state index in [0.717, 1.165) is 38.4 Å². The molecule has 6 nitrogen and oxygen atoms in total. The zero-order chi connectivity index (χ0) is 17.5. The summed E-state index contributed by atoms with van der Waals surface area (Å²) < 4.78 is 0. The van der Waals surface area contributed by atoms with E-state index in [1.807, 2.05) is 25.8 Å². The van der Waals surface area contributed by atoms with Gasteiger partial charge in [0.1, 0.15) is 0 Å². The molecule has 1 amide bonds. The highest BCUT2D eigenvalue weighted by Crippen LogP contribution is 2.15. The largest absolute Gasteiger partial charge is 0.356 e. The lowest BCUT2D eigenvalue weighted by molar-refractivity contribution is -0.135. The fraction of sp³-hybridized carbons (Fsp3) is 0.889. The van der Waals surface area contributed by atoms with Crippen molar-refractivity contribution < 1.29 is 4.79 Å².